The number of ether oxygens (including phenoxy) is 1. The minimum absolute atomic E-state index is 0.253. The van der Waals surface area contributed by atoms with Crippen LogP contribution in [0.5, 0.6) is 5.75 Å². The second-order valence-electron chi connectivity index (χ2n) is 5.95. The quantitative estimate of drug-likeness (QED) is 0.684. The van der Waals surface area contributed by atoms with E-state index in [-0.39, 0.29) is 18.3 Å². The number of carbonyl (C=O) groups excluding carboxylic acids is 1. The second kappa shape index (κ2) is 8.10. The Morgan fingerprint density at radius 1 is 1.27 bits per heavy atom. The smallest absolute Gasteiger partial charge is 0.287 e. The number of nitrogens with zero attached hydrogens (tertiary/aromatic N) is 2. The SMILES string of the molecule is Cc1cccc(C)c1OCc1ccc(C(=O)NCCn2cc(Cl)cn2)o1. The lowest BCUT2D eigenvalue weighted by Crippen LogP contribution is -2.27. The van der Waals surface area contributed by atoms with Crippen LogP contribution in [0.4, 0.5) is 0 Å². The van der Waals surface area contributed by atoms with Crippen molar-refractivity contribution in [1.29, 1.82) is 0 Å². The molecule has 0 unspecified atom stereocenters. The molecule has 0 spiro atoms. The summed E-state index contributed by atoms with van der Waals surface area (Å²) >= 11 is 5.80. The number of hydrogen-bond acceptors (Lipinski definition) is 4. The van der Waals surface area contributed by atoms with Crippen molar-refractivity contribution in [2.24, 2.45) is 0 Å². The third kappa shape index (κ3) is 4.46. The Balaban J connectivity index is 1.51. The lowest BCUT2D eigenvalue weighted by atomic mass is 10.1. The van der Waals surface area contributed by atoms with E-state index in [4.69, 9.17) is 20.8 Å². The molecule has 0 aliphatic carbocycles. The maximum Gasteiger partial charge on any atom is 0.287 e. The van der Waals surface area contributed by atoms with Crippen LogP contribution in [-0.4, -0.2) is 22.2 Å². The van der Waals surface area contributed by atoms with Gasteiger partial charge in [0.05, 0.1) is 17.8 Å². The van der Waals surface area contributed by atoms with E-state index in [1.165, 1.54) is 0 Å². The third-order valence-electron chi connectivity index (χ3n) is 3.88. The number of nitrogens with one attached hydrogen (secondary N) is 1. The van der Waals surface area contributed by atoms with Crippen LogP contribution in [0.3, 0.4) is 0 Å². The highest BCUT2D eigenvalue weighted by molar-refractivity contribution is 6.30. The number of furan rings is 1. The van der Waals surface area contributed by atoms with Crippen molar-refractivity contribution in [1.82, 2.24) is 15.1 Å². The van der Waals surface area contributed by atoms with E-state index in [2.05, 4.69) is 10.4 Å². The monoisotopic (exact) mass is 373 g/mol. The molecular formula is C19H20ClN3O3. The first kappa shape index (κ1) is 18.1. The van der Waals surface area contributed by atoms with Crippen LogP contribution in [0.1, 0.15) is 27.4 Å². The Morgan fingerprint density at radius 3 is 2.73 bits per heavy atom. The highest BCUT2D eigenvalue weighted by Crippen LogP contribution is 2.23. The lowest BCUT2D eigenvalue weighted by molar-refractivity contribution is 0.0920. The third-order valence-corrected chi connectivity index (χ3v) is 4.08. The minimum atomic E-state index is -0.276. The summed E-state index contributed by atoms with van der Waals surface area (Å²) in [5, 5.41) is 7.40. The molecule has 0 radical (unpaired) electrons. The fourth-order valence-electron chi connectivity index (χ4n) is 2.58. The van der Waals surface area contributed by atoms with Gasteiger partial charge in [-0.15, -0.1) is 0 Å². The molecular weight excluding hydrogens is 354 g/mol. The average molecular weight is 374 g/mol. The molecule has 1 aromatic carbocycles. The number of aryl methyl sites for hydroxylation is 2. The molecule has 2 aromatic heterocycles. The second-order valence-corrected chi connectivity index (χ2v) is 6.39. The van der Waals surface area contributed by atoms with E-state index in [1.807, 2.05) is 32.0 Å². The molecule has 0 saturated heterocycles. The first-order valence-corrected chi connectivity index (χ1v) is 8.64. The zero-order chi connectivity index (χ0) is 18.5. The molecule has 1 N–H and O–H groups in total. The molecule has 26 heavy (non-hydrogen) atoms. The Bertz CT molecular complexity index is 881. The van der Waals surface area contributed by atoms with Crippen LogP contribution in [-0.2, 0) is 13.2 Å². The number of amides is 1. The fourth-order valence-corrected chi connectivity index (χ4v) is 2.74. The Labute approximate surface area is 156 Å². The number of aromatic nitrogens is 2. The molecule has 1 amide bonds. The number of carbonyl (C=O) groups is 1. The molecule has 0 saturated carbocycles. The van der Waals surface area contributed by atoms with Gasteiger partial charge < -0.3 is 14.5 Å². The van der Waals surface area contributed by atoms with Gasteiger partial charge in [0.25, 0.3) is 5.91 Å². The number of benzene rings is 1. The predicted molar refractivity (Wildman–Crippen MR) is 98.5 cm³/mol. The van der Waals surface area contributed by atoms with Crippen molar-refractivity contribution in [2.75, 3.05) is 6.54 Å². The van der Waals surface area contributed by atoms with Crippen LogP contribution >= 0.6 is 11.6 Å². The molecule has 0 aliphatic rings. The normalized spacial score (nSPS) is 10.7. The van der Waals surface area contributed by atoms with Gasteiger partial charge in [-0.05, 0) is 37.1 Å². The summed E-state index contributed by atoms with van der Waals surface area (Å²) in [5.41, 5.74) is 2.13. The largest absolute Gasteiger partial charge is 0.485 e. The summed E-state index contributed by atoms with van der Waals surface area (Å²) in [5.74, 6) is 1.41. The molecule has 0 atom stereocenters. The number of halogens is 1. The van der Waals surface area contributed by atoms with Gasteiger partial charge in [0.2, 0.25) is 0 Å². The van der Waals surface area contributed by atoms with E-state index in [1.54, 1.807) is 29.2 Å². The zero-order valence-corrected chi connectivity index (χ0v) is 15.4. The van der Waals surface area contributed by atoms with Gasteiger partial charge in [-0.2, -0.15) is 5.10 Å². The highest BCUT2D eigenvalue weighted by atomic mass is 35.5. The molecule has 3 rings (SSSR count). The Kier molecular flexibility index (Phi) is 5.63. The van der Waals surface area contributed by atoms with Gasteiger partial charge in [0.15, 0.2) is 5.76 Å². The minimum Gasteiger partial charge on any atom is -0.485 e. The molecule has 0 fully saturated rings. The van der Waals surface area contributed by atoms with Gasteiger partial charge in [-0.3, -0.25) is 9.48 Å². The van der Waals surface area contributed by atoms with Gasteiger partial charge in [-0.1, -0.05) is 29.8 Å². The molecule has 136 valence electrons. The van der Waals surface area contributed by atoms with Crippen molar-refractivity contribution in [3.8, 4) is 5.75 Å². The molecule has 3 aromatic rings. The molecule has 7 heteroatoms. The predicted octanol–water partition coefficient (Wildman–Crippen LogP) is 3.76. The van der Waals surface area contributed by atoms with E-state index in [9.17, 15) is 4.79 Å². The van der Waals surface area contributed by atoms with Crippen molar-refractivity contribution in [3.63, 3.8) is 0 Å². The van der Waals surface area contributed by atoms with Crippen molar-refractivity contribution in [3.05, 3.63) is 70.4 Å². The zero-order valence-electron chi connectivity index (χ0n) is 14.7. The lowest BCUT2D eigenvalue weighted by Gasteiger charge is -2.10. The van der Waals surface area contributed by atoms with E-state index in [0.29, 0.717) is 23.9 Å². The maximum atomic E-state index is 12.1. The molecule has 6 nitrogen and oxygen atoms in total. The van der Waals surface area contributed by atoms with Crippen LogP contribution < -0.4 is 10.1 Å². The average Bonchev–Trinajstić information content (AvgIpc) is 3.23. The topological polar surface area (TPSA) is 69.3 Å². The fraction of sp³-hybridized carbons (Fsp3) is 0.263. The standard InChI is InChI=1S/C19H20ClN3O3/c1-13-4-3-5-14(2)18(13)25-12-16-6-7-17(26-16)19(24)21-8-9-23-11-15(20)10-22-23/h3-7,10-11H,8-9,12H2,1-2H3,(H,21,24). The summed E-state index contributed by atoms with van der Waals surface area (Å²) in [6.07, 6.45) is 3.25. The number of hydrogen-bond donors (Lipinski definition) is 1. The van der Waals surface area contributed by atoms with Crippen LogP contribution in [0.15, 0.2) is 47.1 Å². The number of rotatable bonds is 7. The summed E-state index contributed by atoms with van der Waals surface area (Å²) < 4.78 is 13.1. The van der Waals surface area contributed by atoms with Gasteiger partial charge >= 0.3 is 0 Å². The van der Waals surface area contributed by atoms with Crippen LogP contribution in [0, 0.1) is 13.8 Å². The maximum absolute atomic E-state index is 12.1. The van der Waals surface area contributed by atoms with E-state index in [0.717, 1.165) is 16.9 Å². The Hall–Kier alpha value is -2.73. The molecule has 2 heterocycles. The highest BCUT2D eigenvalue weighted by Gasteiger charge is 2.12. The summed E-state index contributed by atoms with van der Waals surface area (Å²) in [6, 6.07) is 9.37. The van der Waals surface area contributed by atoms with Crippen molar-refractivity contribution < 1.29 is 13.9 Å². The first-order chi connectivity index (χ1) is 12.5. The van der Waals surface area contributed by atoms with E-state index >= 15 is 0 Å². The Morgan fingerprint density at radius 2 is 2.04 bits per heavy atom. The van der Waals surface area contributed by atoms with Crippen molar-refractivity contribution in [2.45, 2.75) is 27.0 Å². The van der Waals surface area contributed by atoms with E-state index < -0.39 is 0 Å². The van der Waals surface area contributed by atoms with Gasteiger partial charge in [0, 0.05) is 12.7 Å². The first-order valence-electron chi connectivity index (χ1n) is 8.27. The molecule has 0 bridgehead atoms. The molecule has 0 aliphatic heterocycles. The van der Waals surface area contributed by atoms with Gasteiger partial charge in [0.1, 0.15) is 18.1 Å². The number of para-hydroxylation sites is 1. The van der Waals surface area contributed by atoms with Crippen LogP contribution in [0.2, 0.25) is 5.02 Å². The van der Waals surface area contributed by atoms with Crippen LogP contribution in [0.25, 0.3) is 0 Å². The summed E-state index contributed by atoms with van der Waals surface area (Å²) in [6.45, 7) is 5.21. The van der Waals surface area contributed by atoms with Crippen molar-refractivity contribution >= 4 is 17.5 Å². The summed E-state index contributed by atoms with van der Waals surface area (Å²) in [4.78, 5) is 12.1. The summed E-state index contributed by atoms with van der Waals surface area (Å²) in [7, 11) is 0. The van der Waals surface area contributed by atoms with Gasteiger partial charge in [-0.25, -0.2) is 0 Å².